The van der Waals surface area contributed by atoms with Crippen molar-refractivity contribution in [1.29, 1.82) is 0 Å². The van der Waals surface area contributed by atoms with E-state index in [4.69, 9.17) is 4.42 Å². The van der Waals surface area contributed by atoms with Crippen LogP contribution in [-0.2, 0) is 13.1 Å². The SMILES string of the molecule is CCc1nc(-c2ccccc2)oc1CF. The van der Waals surface area contributed by atoms with Crippen LogP contribution in [0.4, 0.5) is 4.39 Å². The van der Waals surface area contributed by atoms with Crippen LogP contribution >= 0.6 is 0 Å². The summed E-state index contributed by atoms with van der Waals surface area (Å²) in [5.74, 6) is 0.844. The molecule has 1 aromatic carbocycles. The summed E-state index contributed by atoms with van der Waals surface area (Å²) in [6.07, 6.45) is 0.690. The van der Waals surface area contributed by atoms with Crippen LogP contribution in [0.25, 0.3) is 11.5 Å². The van der Waals surface area contributed by atoms with Crippen molar-refractivity contribution in [3.8, 4) is 11.5 Å². The summed E-state index contributed by atoms with van der Waals surface area (Å²) in [7, 11) is 0. The number of alkyl halides is 1. The highest BCUT2D eigenvalue weighted by atomic mass is 19.1. The van der Waals surface area contributed by atoms with Crippen LogP contribution in [0.3, 0.4) is 0 Å². The number of oxazole rings is 1. The summed E-state index contributed by atoms with van der Waals surface area (Å²) >= 11 is 0. The summed E-state index contributed by atoms with van der Waals surface area (Å²) in [6.45, 7) is 1.34. The van der Waals surface area contributed by atoms with E-state index < -0.39 is 6.67 Å². The zero-order chi connectivity index (χ0) is 10.7. The zero-order valence-corrected chi connectivity index (χ0v) is 8.53. The molecular weight excluding hydrogens is 193 g/mol. The van der Waals surface area contributed by atoms with Crippen LogP contribution in [0.15, 0.2) is 34.7 Å². The molecule has 0 atom stereocenters. The molecule has 3 heteroatoms. The van der Waals surface area contributed by atoms with Crippen molar-refractivity contribution in [2.45, 2.75) is 20.0 Å². The van der Waals surface area contributed by atoms with Gasteiger partial charge in [0, 0.05) is 5.56 Å². The number of hydrogen-bond donors (Lipinski definition) is 0. The fourth-order valence-corrected chi connectivity index (χ4v) is 1.47. The van der Waals surface area contributed by atoms with E-state index in [9.17, 15) is 4.39 Å². The molecule has 0 spiro atoms. The predicted octanol–water partition coefficient (Wildman–Crippen LogP) is 3.37. The highest BCUT2D eigenvalue weighted by Crippen LogP contribution is 2.22. The third kappa shape index (κ3) is 1.91. The molecule has 0 saturated carbocycles. The number of nitrogens with zero attached hydrogens (tertiary/aromatic N) is 1. The lowest BCUT2D eigenvalue weighted by atomic mass is 10.2. The van der Waals surface area contributed by atoms with Crippen LogP contribution in [0.1, 0.15) is 18.4 Å². The van der Waals surface area contributed by atoms with Gasteiger partial charge in [-0.05, 0) is 18.6 Å². The summed E-state index contributed by atoms with van der Waals surface area (Å²) in [6, 6.07) is 9.52. The molecule has 0 radical (unpaired) electrons. The number of halogens is 1. The molecule has 0 saturated heterocycles. The van der Waals surface area contributed by atoms with Crippen molar-refractivity contribution < 1.29 is 8.81 Å². The van der Waals surface area contributed by atoms with Gasteiger partial charge in [-0.1, -0.05) is 25.1 Å². The van der Waals surface area contributed by atoms with Gasteiger partial charge in [0.25, 0.3) is 0 Å². The standard InChI is InChI=1S/C12H12FNO/c1-2-10-11(8-13)15-12(14-10)9-6-4-3-5-7-9/h3-7H,2,8H2,1H3. The van der Waals surface area contributed by atoms with E-state index in [1.54, 1.807) is 0 Å². The van der Waals surface area contributed by atoms with E-state index in [-0.39, 0.29) is 0 Å². The minimum atomic E-state index is -0.594. The molecule has 0 fully saturated rings. The normalized spacial score (nSPS) is 10.5. The van der Waals surface area contributed by atoms with Crippen LogP contribution in [0.2, 0.25) is 0 Å². The average Bonchev–Trinajstić information content (AvgIpc) is 2.73. The second kappa shape index (κ2) is 4.26. The molecule has 2 nitrogen and oxygen atoms in total. The van der Waals surface area contributed by atoms with Gasteiger partial charge in [-0.15, -0.1) is 0 Å². The van der Waals surface area contributed by atoms with Crippen LogP contribution < -0.4 is 0 Å². The summed E-state index contributed by atoms with van der Waals surface area (Å²) in [5, 5.41) is 0. The maximum atomic E-state index is 12.6. The van der Waals surface area contributed by atoms with E-state index >= 15 is 0 Å². The largest absolute Gasteiger partial charge is 0.438 e. The minimum absolute atomic E-state index is 0.344. The first kappa shape index (κ1) is 9.90. The van der Waals surface area contributed by atoms with E-state index in [0.717, 1.165) is 5.56 Å². The Bertz CT molecular complexity index is 415. The number of hydrogen-bond acceptors (Lipinski definition) is 2. The van der Waals surface area contributed by atoms with Gasteiger partial charge in [-0.25, -0.2) is 9.37 Å². The van der Waals surface area contributed by atoms with Crippen molar-refractivity contribution in [3.63, 3.8) is 0 Å². The van der Waals surface area contributed by atoms with Gasteiger partial charge >= 0.3 is 0 Å². The monoisotopic (exact) mass is 205 g/mol. The Balaban J connectivity index is 2.42. The van der Waals surface area contributed by atoms with Gasteiger partial charge in [0.05, 0.1) is 5.69 Å². The maximum Gasteiger partial charge on any atom is 0.226 e. The Morgan fingerprint density at radius 2 is 2.00 bits per heavy atom. The number of aromatic nitrogens is 1. The zero-order valence-electron chi connectivity index (χ0n) is 8.53. The Morgan fingerprint density at radius 1 is 1.27 bits per heavy atom. The van der Waals surface area contributed by atoms with E-state index in [2.05, 4.69) is 4.98 Å². The molecule has 1 aromatic heterocycles. The Hall–Kier alpha value is -1.64. The summed E-state index contributed by atoms with van der Waals surface area (Å²) in [4.78, 5) is 4.26. The fourth-order valence-electron chi connectivity index (χ4n) is 1.47. The quantitative estimate of drug-likeness (QED) is 0.767. The van der Waals surface area contributed by atoms with Gasteiger partial charge in [0.2, 0.25) is 5.89 Å². The second-order valence-electron chi connectivity index (χ2n) is 3.24. The smallest absolute Gasteiger partial charge is 0.226 e. The lowest BCUT2D eigenvalue weighted by molar-refractivity contribution is 0.394. The average molecular weight is 205 g/mol. The first-order valence-corrected chi connectivity index (χ1v) is 4.95. The van der Waals surface area contributed by atoms with Crippen molar-refractivity contribution in [2.75, 3.05) is 0 Å². The van der Waals surface area contributed by atoms with Gasteiger partial charge in [-0.2, -0.15) is 0 Å². The minimum Gasteiger partial charge on any atom is -0.438 e. The molecule has 0 aliphatic carbocycles. The molecule has 15 heavy (non-hydrogen) atoms. The Labute approximate surface area is 87.8 Å². The van der Waals surface area contributed by atoms with E-state index in [1.165, 1.54) is 0 Å². The number of benzene rings is 1. The van der Waals surface area contributed by atoms with Crippen molar-refractivity contribution >= 4 is 0 Å². The molecule has 1 heterocycles. The topological polar surface area (TPSA) is 26.0 Å². The lowest BCUT2D eigenvalue weighted by Crippen LogP contribution is -1.85. The van der Waals surface area contributed by atoms with Crippen LogP contribution in [0, 0.1) is 0 Å². The van der Waals surface area contributed by atoms with E-state index in [1.807, 2.05) is 37.3 Å². The van der Waals surface area contributed by atoms with Crippen molar-refractivity contribution in [1.82, 2.24) is 4.98 Å². The predicted molar refractivity (Wildman–Crippen MR) is 56.1 cm³/mol. The molecule has 0 bridgehead atoms. The van der Waals surface area contributed by atoms with Gasteiger partial charge in [0.15, 0.2) is 5.76 Å². The molecule has 0 N–H and O–H groups in total. The number of aryl methyl sites for hydroxylation is 1. The number of rotatable bonds is 3. The van der Waals surface area contributed by atoms with Gasteiger partial charge in [-0.3, -0.25) is 0 Å². The lowest BCUT2D eigenvalue weighted by Gasteiger charge is -1.92. The molecule has 0 amide bonds. The summed E-state index contributed by atoms with van der Waals surface area (Å²) < 4.78 is 17.9. The second-order valence-corrected chi connectivity index (χ2v) is 3.24. The molecule has 0 unspecified atom stereocenters. The molecule has 2 aromatic rings. The first-order valence-electron chi connectivity index (χ1n) is 4.95. The van der Waals surface area contributed by atoms with E-state index in [0.29, 0.717) is 23.8 Å². The van der Waals surface area contributed by atoms with Crippen LogP contribution in [0.5, 0.6) is 0 Å². The highest BCUT2D eigenvalue weighted by molar-refractivity contribution is 5.53. The first-order chi connectivity index (χ1) is 7.35. The molecule has 0 aliphatic rings. The van der Waals surface area contributed by atoms with Gasteiger partial charge in [0.1, 0.15) is 6.67 Å². The summed E-state index contributed by atoms with van der Waals surface area (Å²) in [5.41, 5.74) is 1.59. The molecule has 78 valence electrons. The molecule has 2 rings (SSSR count). The van der Waals surface area contributed by atoms with Crippen molar-refractivity contribution in [3.05, 3.63) is 41.8 Å². The third-order valence-corrected chi connectivity index (χ3v) is 2.26. The fraction of sp³-hybridized carbons (Fsp3) is 0.250. The highest BCUT2D eigenvalue weighted by Gasteiger charge is 2.12. The Morgan fingerprint density at radius 3 is 2.53 bits per heavy atom. The van der Waals surface area contributed by atoms with Gasteiger partial charge < -0.3 is 4.42 Å². The maximum absolute atomic E-state index is 12.6. The van der Waals surface area contributed by atoms with Crippen molar-refractivity contribution in [2.24, 2.45) is 0 Å². The third-order valence-electron chi connectivity index (χ3n) is 2.26. The Kier molecular flexibility index (Phi) is 2.81. The molecule has 0 aliphatic heterocycles. The van der Waals surface area contributed by atoms with Crippen LogP contribution in [-0.4, -0.2) is 4.98 Å². The molecular formula is C12H12FNO.